The molecule has 0 saturated carbocycles. The number of fused-ring (bicyclic) bond motifs is 1. The fraction of sp³-hybridized carbons (Fsp3) is 0.333. The van der Waals surface area contributed by atoms with E-state index >= 15 is 0 Å². The molecule has 0 bridgehead atoms. The number of rotatable bonds is 4. The lowest BCUT2D eigenvalue weighted by Crippen LogP contribution is -2.35. The van der Waals surface area contributed by atoms with Crippen molar-refractivity contribution in [1.82, 2.24) is 10.6 Å². The van der Waals surface area contributed by atoms with Crippen LogP contribution in [0.15, 0.2) is 36.5 Å². The van der Waals surface area contributed by atoms with Gasteiger partial charge in [-0.3, -0.25) is 0 Å². The molecule has 2 aliphatic rings. The third kappa shape index (κ3) is 3.40. The number of methoxy groups -OCH3 is 1. The van der Waals surface area contributed by atoms with Gasteiger partial charge in [-0.15, -0.1) is 0 Å². The summed E-state index contributed by atoms with van der Waals surface area (Å²) in [5, 5.41) is 10.4. The average molecular weight is 353 g/mol. The van der Waals surface area contributed by atoms with Crippen LogP contribution >= 0.6 is 0 Å². The Hall–Kier alpha value is -2.53. The quantitative estimate of drug-likeness (QED) is 0.784. The Labute approximate surface area is 153 Å². The highest BCUT2D eigenvalue weighted by Gasteiger charge is 2.18. The predicted octanol–water partition coefficient (Wildman–Crippen LogP) is 3.74. The van der Waals surface area contributed by atoms with Crippen LogP contribution in [0.2, 0.25) is 0 Å². The summed E-state index contributed by atoms with van der Waals surface area (Å²) < 4.78 is 19.2. The molecule has 0 unspecified atom stereocenters. The van der Waals surface area contributed by atoms with Gasteiger partial charge in [-0.25, -0.2) is 4.39 Å². The van der Waals surface area contributed by atoms with Crippen LogP contribution in [-0.4, -0.2) is 26.2 Å². The van der Waals surface area contributed by atoms with Crippen LogP contribution in [0.25, 0.3) is 17.2 Å². The van der Waals surface area contributed by atoms with E-state index in [0.717, 1.165) is 49.3 Å². The van der Waals surface area contributed by atoms with Crippen molar-refractivity contribution in [3.63, 3.8) is 0 Å². The maximum absolute atomic E-state index is 14.2. The number of nitrogens with one attached hydrogen (secondary N) is 3. The Kier molecular flexibility index (Phi) is 4.80. The van der Waals surface area contributed by atoms with Gasteiger partial charge in [-0.2, -0.15) is 0 Å². The highest BCUT2D eigenvalue weighted by Crippen LogP contribution is 2.33. The van der Waals surface area contributed by atoms with E-state index in [-0.39, 0.29) is 11.6 Å². The number of anilines is 1. The maximum atomic E-state index is 14.2. The molecule has 0 amide bonds. The lowest BCUT2D eigenvalue weighted by Gasteiger charge is -2.28. The van der Waals surface area contributed by atoms with Gasteiger partial charge in [0.15, 0.2) is 11.6 Å². The number of halogens is 1. The molecule has 5 heteroatoms. The largest absolute Gasteiger partial charge is 0.494 e. The maximum Gasteiger partial charge on any atom is 0.165 e. The Bertz CT molecular complexity index is 828. The average Bonchev–Trinajstić information content (AvgIpc) is 2.68. The van der Waals surface area contributed by atoms with Crippen LogP contribution in [-0.2, 0) is 6.54 Å². The summed E-state index contributed by atoms with van der Waals surface area (Å²) in [5.41, 5.74) is 5.44. The molecule has 26 heavy (non-hydrogen) atoms. The fourth-order valence-corrected chi connectivity index (χ4v) is 3.68. The lowest BCUT2D eigenvalue weighted by molar-refractivity contribution is 0.386. The van der Waals surface area contributed by atoms with Crippen molar-refractivity contribution in [1.29, 1.82) is 0 Å². The Balaban J connectivity index is 1.72. The van der Waals surface area contributed by atoms with E-state index in [2.05, 4.69) is 34.2 Å². The van der Waals surface area contributed by atoms with Gasteiger partial charge in [0.05, 0.1) is 7.11 Å². The van der Waals surface area contributed by atoms with Crippen LogP contribution in [0, 0.1) is 5.82 Å². The van der Waals surface area contributed by atoms with E-state index < -0.39 is 0 Å². The third-order valence-corrected chi connectivity index (χ3v) is 5.13. The molecule has 2 aromatic rings. The summed E-state index contributed by atoms with van der Waals surface area (Å²) in [7, 11) is 1.48. The zero-order valence-corrected chi connectivity index (χ0v) is 14.9. The molecule has 1 saturated heterocycles. The first-order valence-electron chi connectivity index (χ1n) is 9.12. The molecule has 4 nitrogen and oxygen atoms in total. The van der Waals surface area contributed by atoms with E-state index in [0.29, 0.717) is 6.04 Å². The predicted molar refractivity (Wildman–Crippen MR) is 104 cm³/mol. The molecule has 3 N–H and O–H groups in total. The third-order valence-electron chi connectivity index (χ3n) is 5.13. The van der Waals surface area contributed by atoms with Crippen LogP contribution < -0.4 is 20.7 Å². The van der Waals surface area contributed by atoms with Gasteiger partial charge in [-0.05, 0) is 79.2 Å². The zero-order chi connectivity index (χ0) is 17.9. The van der Waals surface area contributed by atoms with Gasteiger partial charge in [0.1, 0.15) is 0 Å². The summed E-state index contributed by atoms with van der Waals surface area (Å²) in [4.78, 5) is 0. The SMILES string of the molecule is COc1ccc(-c2cc3c(c(NC4CCNCC4)c2)CNC=C3)cc1F. The number of benzene rings is 2. The van der Waals surface area contributed by atoms with E-state index in [1.54, 1.807) is 12.1 Å². The molecule has 2 aliphatic heterocycles. The first kappa shape index (κ1) is 16.9. The standard InChI is InChI=1S/C21H24FN3O/c1-26-21-3-2-14(11-19(21)22)16-10-15-4-7-24-13-18(15)20(12-16)25-17-5-8-23-9-6-17/h2-4,7,10-12,17,23-25H,5-6,8-9,13H2,1H3. The van der Waals surface area contributed by atoms with Crippen molar-refractivity contribution in [2.45, 2.75) is 25.4 Å². The van der Waals surface area contributed by atoms with Crippen LogP contribution in [0.3, 0.4) is 0 Å². The molecule has 0 spiro atoms. The minimum Gasteiger partial charge on any atom is -0.494 e. The van der Waals surface area contributed by atoms with Crippen molar-refractivity contribution >= 4 is 11.8 Å². The summed E-state index contributed by atoms with van der Waals surface area (Å²) in [5.74, 6) is -0.0725. The first-order valence-corrected chi connectivity index (χ1v) is 9.12. The van der Waals surface area contributed by atoms with E-state index in [1.807, 2.05) is 12.3 Å². The van der Waals surface area contributed by atoms with Gasteiger partial charge in [0, 0.05) is 23.8 Å². The monoisotopic (exact) mass is 353 g/mol. The van der Waals surface area contributed by atoms with E-state index in [9.17, 15) is 4.39 Å². The van der Waals surface area contributed by atoms with Crippen LogP contribution in [0.5, 0.6) is 5.75 Å². The fourth-order valence-electron chi connectivity index (χ4n) is 3.68. The summed E-state index contributed by atoms with van der Waals surface area (Å²) >= 11 is 0. The van der Waals surface area contributed by atoms with E-state index in [4.69, 9.17) is 4.74 Å². The summed E-state index contributed by atoms with van der Waals surface area (Å²) in [6, 6.07) is 9.86. The van der Waals surface area contributed by atoms with Gasteiger partial charge >= 0.3 is 0 Å². The van der Waals surface area contributed by atoms with Crippen LogP contribution in [0.1, 0.15) is 24.0 Å². The molecule has 0 radical (unpaired) electrons. The number of hydrogen-bond donors (Lipinski definition) is 3. The van der Waals surface area contributed by atoms with Crippen molar-refractivity contribution < 1.29 is 9.13 Å². The highest BCUT2D eigenvalue weighted by atomic mass is 19.1. The normalized spacial score (nSPS) is 16.7. The number of ether oxygens (including phenoxy) is 1. The number of piperidine rings is 1. The topological polar surface area (TPSA) is 45.3 Å². The Morgan fingerprint density at radius 3 is 2.73 bits per heavy atom. The van der Waals surface area contributed by atoms with Gasteiger partial charge in [0.25, 0.3) is 0 Å². The van der Waals surface area contributed by atoms with E-state index in [1.165, 1.54) is 18.2 Å². The summed E-state index contributed by atoms with van der Waals surface area (Å²) in [6.07, 6.45) is 6.27. The second kappa shape index (κ2) is 7.38. The zero-order valence-electron chi connectivity index (χ0n) is 14.9. The first-order chi connectivity index (χ1) is 12.7. The smallest absolute Gasteiger partial charge is 0.165 e. The molecule has 0 aromatic heterocycles. The van der Waals surface area contributed by atoms with Gasteiger partial charge in [0.2, 0.25) is 0 Å². The second-order valence-corrected chi connectivity index (χ2v) is 6.82. The van der Waals surface area contributed by atoms with Crippen molar-refractivity contribution in [2.75, 3.05) is 25.5 Å². The highest BCUT2D eigenvalue weighted by molar-refractivity contribution is 5.77. The molecule has 136 valence electrons. The van der Waals surface area contributed by atoms with Crippen molar-refractivity contribution in [3.05, 3.63) is 53.5 Å². The minimum absolute atomic E-state index is 0.267. The molecule has 0 atom stereocenters. The molecule has 2 aromatic carbocycles. The molecular formula is C21H24FN3O. The molecule has 1 fully saturated rings. The second-order valence-electron chi connectivity index (χ2n) is 6.82. The van der Waals surface area contributed by atoms with Crippen molar-refractivity contribution in [3.8, 4) is 16.9 Å². The van der Waals surface area contributed by atoms with Crippen LogP contribution in [0.4, 0.5) is 10.1 Å². The lowest BCUT2D eigenvalue weighted by atomic mass is 9.94. The number of hydrogen-bond acceptors (Lipinski definition) is 4. The molecule has 0 aliphatic carbocycles. The Morgan fingerprint density at radius 2 is 1.96 bits per heavy atom. The van der Waals surface area contributed by atoms with Crippen molar-refractivity contribution in [2.24, 2.45) is 0 Å². The molecule has 2 heterocycles. The van der Waals surface area contributed by atoms with Gasteiger partial charge in [-0.1, -0.05) is 6.07 Å². The molecule has 4 rings (SSSR count). The molecular weight excluding hydrogens is 329 g/mol. The Morgan fingerprint density at radius 1 is 1.12 bits per heavy atom. The minimum atomic E-state index is -0.340. The van der Waals surface area contributed by atoms with Gasteiger partial charge < -0.3 is 20.7 Å². The summed E-state index contributed by atoms with van der Waals surface area (Å²) in [6.45, 7) is 2.89.